The Morgan fingerprint density at radius 3 is 0.814 bits per heavy atom. The van der Waals surface area contributed by atoms with E-state index in [1.54, 1.807) is 11.1 Å². The summed E-state index contributed by atoms with van der Waals surface area (Å²) in [7, 11) is -13.3. The van der Waals surface area contributed by atoms with Gasteiger partial charge in [-0.25, -0.2) is 16.8 Å². The van der Waals surface area contributed by atoms with Crippen LogP contribution in [0.5, 0.6) is 0 Å². The van der Waals surface area contributed by atoms with Crippen LogP contribution < -0.4 is 0 Å². The molecule has 0 bridgehead atoms. The smallest absolute Gasteiger partial charge is 0.741 e. The molecule has 1 rings (SSSR count). The van der Waals surface area contributed by atoms with Crippen LogP contribution in [0.15, 0.2) is 24.3 Å². The fourth-order valence-corrected chi connectivity index (χ4v) is 12.7. The van der Waals surface area contributed by atoms with E-state index >= 15 is 0 Å². The molecule has 0 N–H and O–H groups in total. The van der Waals surface area contributed by atoms with Gasteiger partial charge in [-0.3, -0.25) is 0 Å². The fraction of sp³-hybridized carbons (Fsp3) is 0.769. The molecular formula is C26H46F6O6P2PdS2+2. The standard InChI is InChI=1S/C24H44P2.2CHF3O3S.Pd/c1-21(2,3)25(22(4,5)6)17-19-15-13-14-16-20(19)18-26(23(7,8)9)24(10,11)12;2*2-1(3,4)8(5,6)7;/h13-16H,17-18H2,1-12H3;2*(H,5,6,7);/q;;;+2. The first kappa shape index (κ1) is 47.5. The van der Waals surface area contributed by atoms with E-state index in [0.29, 0.717) is 20.6 Å². The first-order valence-electron chi connectivity index (χ1n) is 12.8. The second-order valence-corrected chi connectivity index (χ2v) is 25.2. The second kappa shape index (κ2) is 16.3. The van der Waals surface area contributed by atoms with Crippen molar-refractivity contribution in [3.05, 3.63) is 35.4 Å². The van der Waals surface area contributed by atoms with Gasteiger partial charge < -0.3 is 9.11 Å². The molecule has 0 heterocycles. The van der Waals surface area contributed by atoms with Crippen LogP contribution >= 0.6 is 15.8 Å². The van der Waals surface area contributed by atoms with Gasteiger partial charge in [0.15, 0.2) is 20.2 Å². The topological polar surface area (TPSA) is 114 Å². The summed E-state index contributed by atoms with van der Waals surface area (Å²) in [6, 6.07) is 9.35. The summed E-state index contributed by atoms with van der Waals surface area (Å²) in [5.74, 6) is 0. The van der Waals surface area contributed by atoms with Crippen LogP contribution in [0.3, 0.4) is 0 Å². The molecule has 0 aliphatic carbocycles. The molecule has 0 unspecified atom stereocenters. The van der Waals surface area contributed by atoms with E-state index in [-0.39, 0.29) is 20.4 Å². The van der Waals surface area contributed by atoms with Gasteiger partial charge >= 0.3 is 31.4 Å². The first-order valence-corrected chi connectivity index (χ1v) is 19.0. The van der Waals surface area contributed by atoms with Crippen LogP contribution in [-0.2, 0) is 53.0 Å². The number of halogens is 6. The fourth-order valence-electron chi connectivity index (χ4n) is 4.59. The zero-order chi connectivity index (χ0) is 34.6. The average molecular weight is 801 g/mol. The van der Waals surface area contributed by atoms with Crippen molar-refractivity contribution in [1.29, 1.82) is 0 Å². The number of rotatable bonds is 4. The normalized spacial score (nSPS) is 13.9. The Bertz CT molecular complexity index is 1090. The molecule has 1 aromatic rings. The van der Waals surface area contributed by atoms with E-state index in [1.807, 2.05) is 0 Å². The maximum absolute atomic E-state index is 10.7. The van der Waals surface area contributed by atoms with Crippen LogP contribution in [0, 0.1) is 0 Å². The molecule has 17 heteroatoms. The molecule has 0 aliphatic heterocycles. The van der Waals surface area contributed by atoms with Gasteiger partial charge in [-0.2, -0.15) is 26.3 Å². The molecule has 0 aliphatic rings. The minimum atomic E-state index is -6.09. The number of hydrogen-bond donors (Lipinski definition) is 0. The molecule has 0 radical (unpaired) electrons. The Balaban J connectivity index is -0.000000772. The Labute approximate surface area is 270 Å². The molecule has 6 nitrogen and oxygen atoms in total. The summed E-state index contributed by atoms with van der Waals surface area (Å²) in [6.07, 6.45) is 2.58. The second-order valence-electron chi connectivity index (χ2n) is 13.9. The zero-order valence-electron chi connectivity index (χ0n) is 26.6. The van der Waals surface area contributed by atoms with Gasteiger partial charge in [0.25, 0.3) is 0 Å². The Hall–Kier alpha value is 0.142. The summed E-state index contributed by atoms with van der Waals surface area (Å²) in [4.78, 5) is 0. The van der Waals surface area contributed by atoms with Crippen molar-refractivity contribution in [1.82, 2.24) is 0 Å². The summed E-state index contributed by atoms with van der Waals surface area (Å²) in [6.45, 7) is 29.4. The molecule has 0 amide bonds. The van der Waals surface area contributed by atoms with Gasteiger partial charge in [-0.15, -0.1) is 0 Å². The van der Waals surface area contributed by atoms with E-state index in [0.717, 1.165) is 0 Å². The molecule has 0 saturated heterocycles. The van der Waals surface area contributed by atoms with Crippen molar-refractivity contribution in [2.24, 2.45) is 0 Å². The van der Waals surface area contributed by atoms with E-state index in [2.05, 4.69) is 107 Å². The predicted molar refractivity (Wildman–Crippen MR) is 161 cm³/mol. The molecule has 0 atom stereocenters. The third-order valence-electron chi connectivity index (χ3n) is 6.04. The number of hydrogen-bond acceptors (Lipinski definition) is 6. The summed E-state index contributed by atoms with van der Waals surface area (Å²) >= 11 is 0. The summed E-state index contributed by atoms with van der Waals surface area (Å²) < 4.78 is 118. The van der Waals surface area contributed by atoms with Crippen molar-refractivity contribution in [2.75, 3.05) is 0 Å². The van der Waals surface area contributed by atoms with Crippen molar-refractivity contribution < 1.29 is 72.7 Å². The molecule has 0 saturated carbocycles. The molecule has 43 heavy (non-hydrogen) atoms. The van der Waals surface area contributed by atoms with Gasteiger partial charge in [0.05, 0.1) is 32.9 Å². The first-order chi connectivity index (χ1) is 17.9. The van der Waals surface area contributed by atoms with Crippen LogP contribution in [0.1, 0.15) is 94.2 Å². The molecule has 1 aromatic carbocycles. The van der Waals surface area contributed by atoms with Gasteiger partial charge in [-0.1, -0.05) is 24.3 Å². The van der Waals surface area contributed by atoms with Crippen LogP contribution in [-0.4, -0.2) is 57.6 Å². The number of benzene rings is 1. The van der Waals surface area contributed by atoms with E-state index in [9.17, 15) is 26.3 Å². The average Bonchev–Trinajstić information content (AvgIpc) is 2.65. The monoisotopic (exact) mass is 800 g/mol. The largest absolute Gasteiger partial charge is 2.00 e. The maximum Gasteiger partial charge on any atom is 2.00 e. The number of alkyl halides is 6. The molecular weight excluding hydrogens is 755 g/mol. The Morgan fingerprint density at radius 1 is 0.535 bits per heavy atom. The van der Waals surface area contributed by atoms with Gasteiger partial charge in [0.1, 0.15) is 0 Å². The summed E-state index contributed by atoms with van der Waals surface area (Å²) in [5.41, 5.74) is -8.04. The van der Waals surface area contributed by atoms with Gasteiger partial charge in [-0.05, 0) is 94.2 Å². The van der Waals surface area contributed by atoms with Crippen LogP contribution in [0.4, 0.5) is 26.3 Å². The quantitative estimate of drug-likeness (QED) is 0.0994. The zero-order valence-corrected chi connectivity index (χ0v) is 31.8. The van der Waals surface area contributed by atoms with Crippen molar-refractivity contribution >= 4 is 36.1 Å². The van der Waals surface area contributed by atoms with Crippen molar-refractivity contribution in [3.63, 3.8) is 0 Å². The SMILES string of the molecule is CC(C)(C)[PH+](Cc1ccccc1C[PH+](C(C)(C)C)C(C)(C)C)C(C)(C)C.O=S(=O)([O-])C(F)(F)F.O=S(=O)([O-])C(F)(F)F.[Pd+2]. The predicted octanol–water partition coefficient (Wildman–Crippen LogP) is 8.41. The van der Waals surface area contributed by atoms with Crippen LogP contribution in [0.25, 0.3) is 0 Å². The Morgan fingerprint density at radius 2 is 0.698 bits per heavy atom. The van der Waals surface area contributed by atoms with E-state index in [1.165, 1.54) is 12.3 Å². The van der Waals surface area contributed by atoms with Crippen molar-refractivity contribution in [3.8, 4) is 0 Å². The maximum atomic E-state index is 10.7. The minimum absolute atomic E-state index is 0. The van der Waals surface area contributed by atoms with Gasteiger partial charge in [0, 0.05) is 15.8 Å². The minimum Gasteiger partial charge on any atom is -0.741 e. The third kappa shape index (κ3) is 18.2. The Kier molecular flexibility index (Phi) is 18.0. The molecule has 0 fully saturated rings. The van der Waals surface area contributed by atoms with Gasteiger partial charge in [0.2, 0.25) is 0 Å². The van der Waals surface area contributed by atoms with Crippen molar-refractivity contribution in [2.45, 2.75) is 127 Å². The van der Waals surface area contributed by atoms with Crippen LogP contribution in [0.2, 0.25) is 0 Å². The molecule has 0 aromatic heterocycles. The van der Waals surface area contributed by atoms with E-state index < -0.39 is 47.1 Å². The van der Waals surface area contributed by atoms with E-state index in [4.69, 9.17) is 25.9 Å². The third-order valence-corrected chi connectivity index (χ3v) is 15.9. The molecule has 0 spiro atoms. The molecule has 258 valence electrons. The summed E-state index contributed by atoms with van der Waals surface area (Å²) in [5, 5.41) is 1.66.